The van der Waals surface area contributed by atoms with Gasteiger partial charge >= 0.3 is 5.97 Å². The second kappa shape index (κ2) is 8.03. The molecular weight excluding hydrogens is 336 g/mol. The monoisotopic (exact) mass is 362 g/mol. The molecule has 0 aromatic heterocycles. The Morgan fingerprint density at radius 1 is 1.38 bits per heavy atom. The van der Waals surface area contributed by atoms with Crippen molar-refractivity contribution in [3.8, 4) is 0 Å². The number of nitrogens with one attached hydrogen (secondary N) is 1. The Bertz CT molecular complexity index is 664. The minimum absolute atomic E-state index is 0.0127. The summed E-state index contributed by atoms with van der Waals surface area (Å²) in [5.41, 5.74) is 0.432. The third-order valence-electron chi connectivity index (χ3n) is 5.32. The van der Waals surface area contributed by atoms with Crippen LogP contribution in [0.2, 0.25) is 0 Å². The van der Waals surface area contributed by atoms with Gasteiger partial charge in [-0.3, -0.25) is 10.1 Å². The van der Waals surface area contributed by atoms with Crippen LogP contribution in [-0.4, -0.2) is 35.7 Å². The molecule has 0 bridgehead atoms. The zero-order valence-corrected chi connectivity index (χ0v) is 15.2. The van der Waals surface area contributed by atoms with E-state index in [4.69, 9.17) is 9.47 Å². The molecule has 26 heavy (non-hydrogen) atoms. The number of carbonyl (C=O) groups excluding carboxylic acids is 1. The molecule has 1 unspecified atom stereocenters. The highest BCUT2D eigenvalue weighted by Gasteiger charge is 2.38. The van der Waals surface area contributed by atoms with E-state index < -0.39 is 10.9 Å². The van der Waals surface area contributed by atoms with Gasteiger partial charge in [-0.1, -0.05) is 19.3 Å². The Kier molecular flexibility index (Phi) is 5.76. The van der Waals surface area contributed by atoms with E-state index >= 15 is 0 Å². The molecule has 7 heteroatoms. The fourth-order valence-corrected chi connectivity index (χ4v) is 4.09. The summed E-state index contributed by atoms with van der Waals surface area (Å²) in [6.07, 6.45) is 7.69. The van der Waals surface area contributed by atoms with Gasteiger partial charge in [0.2, 0.25) is 0 Å². The van der Waals surface area contributed by atoms with E-state index in [1.807, 2.05) is 0 Å². The lowest BCUT2D eigenvalue weighted by atomic mass is 9.78. The van der Waals surface area contributed by atoms with Crippen molar-refractivity contribution < 1.29 is 19.2 Å². The van der Waals surface area contributed by atoms with E-state index in [2.05, 4.69) is 5.32 Å². The maximum Gasteiger partial charge on any atom is 0.345 e. The van der Waals surface area contributed by atoms with Crippen molar-refractivity contribution in [2.45, 2.75) is 63.5 Å². The summed E-state index contributed by atoms with van der Waals surface area (Å²) in [7, 11) is 0. The highest BCUT2D eigenvalue weighted by molar-refractivity contribution is 5.95. The van der Waals surface area contributed by atoms with Crippen LogP contribution < -0.4 is 5.32 Å². The van der Waals surface area contributed by atoms with Gasteiger partial charge in [0.1, 0.15) is 5.56 Å². The molecule has 1 heterocycles. The molecule has 142 valence electrons. The summed E-state index contributed by atoms with van der Waals surface area (Å²) in [5.74, 6) is -0.668. The first-order valence-corrected chi connectivity index (χ1v) is 9.39. The maximum absolute atomic E-state index is 12.1. The van der Waals surface area contributed by atoms with Gasteiger partial charge in [0.25, 0.3) is 5.69 Å². The molecule has 0 amide bonds. The van der Waals surface area contributed by atoms with E-state index in [0.717, 1.165) is 32.3 Å². The molecule has 1 aromatic carbocycles. The molecule has 2 fully saturated rings. The summed E-state index contributed by atoms with van der Waals surface area (Å²) in [6.45, 7) is 2.57. The van der Waals surface area contributed by atoms with Crippen LogP contribution in [0.25, 0.3) is 0 Å². The molecular formula is C19H26N2O5. The third kappa shape index (κ3) is 4.15. The normalized spacial score (nSPS) is 22.0. The van der Waals surface area contributed by atoms with Crippen molar-refractivity contribution >= 4 is 17.3 Å². The predicted octanol–water partition coefficient (Wildman–Crippen LogP) is 4.07. The Morgan fingerprint density at radius 2 is 2.15 bits per heavy atom. The predicted molar refractivity (Wildman–Crippen MR) is 97.5 cm³/mol. The van der Waals surface area contributed by atoms with E-state index in [0.29, 0.717) is 5.69 Å². The number of anilines is 1. The number of benzene rings is 1. The zero-order valence-electron chi connectivity index (χ0n) is 15.2. The summed E-state index contributed by atoms with van der Waals surface area (Å²) >= 11 is 0. The van der Waals surface area contributed by atoms with Gasteiger partial charge in [0.05, 0.1) is 17.1 Å². The van der Waals surface area contributed by atoms with E-state index in [1.54, 1.807) is 13.0 Å². The first-order valence-electron chi connectivity index (χ1n) is 9.39. The number of ether oxygens (including phenoxy) is 2. The molecule has 1 aliphatic carbocycles. The van der Waals surface area contributed by atoms with Gasteiger partial charge in [-0.15, -0.1) is 0 Å². The molecule has 1 N–H and O–H groups in total. The molecule has 0 radical (unpaired) electrons. The van der Waals surface area contributed by atoms with Crippen molar-refractivity contribution in [3.63, 3.8) is 0 Å². The first-order chi connectivity index (χ1) is 12.5. The quantitative estimate of drug-likeness (QED) is 0.482. The van der Waals surface area contributed by atoms with Crippen molar-refractivity contribution in [1.29, 1.82) is 0 Å². The third-order valence-corrected chi connectivity index (χ3v) is 5.32. The van der Waals surface area contributed by atoms with Crippen molar-refractivity contribution in [3.05, 3.63) is 33.9 Å². The second-order valence-corrected chi connectivity index (χ2v) is 7.14. The van der Waals surface area contributed by atoms with Crippen LogP contribution in [0.3, 0.4) is 0 Å². The van der Waals surface area contributed by atoms with Crippen LogP contribution >= 0.6 is 0 Å². The first kappa shape index (κ1) is 18.6. The molecule has 1 atom stereocenters. The minimum Gasteiger partial charge on any atom is -0.462 e. The van der Waals surface area contributed by atoms with E-state index in [1.165, 1.54) is 31.4 Å². The Morgan fingerprint density at radius 3 is 2.85 bits per heavy atom. The van der Waals surface area contributed by atoms with Crippen LogP contribution in [0.1, 0.15) is 62.2 Å². The van der Waals surface area contributed by atoms with Crippen LogP contribution in [0.5, 0.6) is 0 Å². The fourth-order valence-electron chi connectivity index (χ4n) is 4.09. The van der Waals surface area contributed by atoms with Crippen molar-refractivity contribution in [2.24, 2.45) is 0 Å². The molecule has 1 aliphatic heterocycles. The van der Waals surface area contributed by atoms with Gasteiger partial charge < -0.3 is 14.8 Å². The lowest BCUT2D eigenvalue weighted by Gasteiger charge is -2.44. The molecule has 1 aromatic rings. The SMILES string of the molecule is CCOC(=O)c1cc(NC2CCOC3(CCCCC3)C2)ccc1[N+](=O)[O-]. The standard InChI is InChI=1S/C19H26N2O5/c1-2-25-18(22)16-12-14(6-7-17(16)21(23)24)20-15-8-11-26-19(13-15)9-4-3-5-10-19/h6-7,12,15,20H,2-5,8-11,13H2,1H3. The molecule has 1 saturated carbocycles. The van der Waals surface area contributed by atoms with E-state index in [-0.39, 0.29) is 29.5 Å². The van der Waals surface area contributed by atoms with Crippen molar-refractivity contribution in [1.82, 2.24) is 0 Å². The molecule has 2 aliphatic rings. The lowest BCUT2D eigenvalue weighted by Crippen LogP contribution is -2.45. The van der Waals surface area contributed by atoms with Crippen LogP contribution in [-0.2, 0) is 9.47 Å². The molecule has 1 saturated heterocycles. The number of nitro groups is 1. The average molecular weight is 362 g/mol. The molecule has 1 spiro atoms. The van der Waals surface area contributed by atoms with Gasteiger partial charge in [0.15, 0.2) is 0 Å². The number of carbonyl (C=O) groups is 1. The summed E-state index contributed by atoms with van der Waals surface area (Å²) in [4.78, 5) is 22.7. The average Bonchev–Trinajstić information content (AvgIpc) is 2.62. The number of nitro benzene ring substituents is 1. The van der Waals surface area contributed by atoms with Gasteiger partial charge in [-0.05, 0) is 44.7 Å². The number of nitrogens with zero attached hydrogens (tertiary/aromatic N) is 1. The number of esters is 1. The van der Waals surface area contributed by atoms with Crippen LogP contribution in [0.4, 0.5) is 11.4 Å². The number of rotatable bonds is 5. The Labute approximate surface area is 153 Å². The highest BCUT2D eigenvalue weighted by atomic mass is 16.6. The smallest absolute Gasteiger partial charge is 0.345 e. The van der Waals surface area contributed by atoms with Crippen molar-refractivity contribution in [2.75, 3.05) is 18.5 Å². The molecule has 3 rings (SSSR count). The van der Waals surface area contributed by atoms with Gasteiger partial charge in [-0.2, -0.15) is 0 Å². The summed E-state index contributed by atoms with van der Waals surface area (Å²) in [5, 5.41) is 14.6. The lowest BCUT2D eigenvalue weighted by molar-refractivity contribution is -0.385. The molecule has 7 nitrogen and oxygen atoms in total. The summed E-state index contributed by atoms with van der Waals surface area (Å²) < 4.78 is 11.1. The van der Waals surface area contributed by atoms with Gasteiger partial charge in [0, 0.05) is 24.4 Å². The number of hydrogen-bond acceptors (Lipinski definition) is 6. The maximum atomic E-state index is 12.1. The van der Waals surface area contributed by atoms with Gasteiger partial charge in [-0.25, -0.2) is 4.79 Å². The van der Waals surface area contributed by atoms with Crippen LogP contribution in [0, 0.1) is 10.1 Å². The largest absolute Gasteiger partial charge is 0.462 e. The highest BCUT2D eigenvalue weighted by Crippen LogP contribution is 2.39. The topological polar surface area (TPSA) is 90.7 Å². The van der Waals surface area contributed by atoms with Crippen LogP contribution in [0.15, 0.2) is 18.2 Å². The zero-order chi connectivity index (χ0) is 18.6. The Hall–Kier alpha value is -2.15. The number of hydrogen-bond donors (Lipinski definition) is 1. The second-order valence-electron chi connectivity index (χ2n) is 7.14. The minimum atomic E-state index is -0.668. The fraction of sp³-hybridized carbons (Fsp3) is 0.632. The Balaban J connectivity index is 1.75. The summed E-state index contributed by atoms with van der Waals surface area (Å²) in [6, 6.07) is 4.78. The van der Waals surface area contributed by atoms with E-state index in [9.17, 15) is 14.9 Å².